The van der Waals surface area contributed by atoms with Crippen molar-refractivity contribution in [2.24, 2.45) is 5.92 Å². The summed E-state index contributed by atoms with van der Waals surface area (Å²) in [6, 6.07) is 7.54. The summed E-state index contributed by atoms with van der Waals surface area (Å²) < 4.78 is 0. The number of hydrogen-bond donors (Lipinski definition) is 2. The Balaban J connectivity index is 1.17. The van der Waals surface area contributed by atoms with E-state index in [4.69, 9.17) is 11.6 Å². The fourth-order valence-electron chi connectivity index (χ4n) is 5.33. The lowest BCUT2D eigenvalue weighted by atomic mass is 9.94. The number of aromatic amines is 1. The van der Waals surface area contributed by atoms with Crippen molar-refractivity contribution in [1.82, 2.24) is 20.0 Å². The highest BCUT2D eigenvalue weighted by atomic mass is 35.5. The molecule has 3 heterocycles. The van der Waals surface area contributed by atoms with Crippen LogP contribution < -0.4 is 5.32 Å². The van der Waals surface area contributed by atoms with Crippen molar-refractivity contribution in [2.45, 2.75) is 56.7 Å². The number of hydrogen-bond acceptors (Lipinski definition) is 4. The molecule has 0 unspecified atom stereocenters. The zero-order valence-corrected chi connectivity index (χ0v) is 18.1. The maximum absolute atomic E-state index is 13.5. The SMILES string of the molecule is O=C(Nc1n[nH]c2c1CN(C(=O)C1CCN(C3CC3)CC1)C21CC1)c1ccc(Cl)cc1. The summed E-state index contributed by atoms with van der Waals surface area (Å²) in [5.41, 5.74) is 2.23. The molecule has 8 heteroatoms. The van der Waals surface area contributed by atoms with Gasteiger partial charge in [-0.3, -0.25) is 14.7 Å². The largest absolute Gasteiger partial charge is 0.327 e. The number of rotatable bonds is 4. The molecular weight excluding hydrogens is 414 g/mol. The number of H-pyrrole nitrogens is 1. The van der Waals surface area contributed by atoms with Gasteiger partial charge in [0.25, 0.3) is 5.91 Å². The van der Waals surface area contributed by atoms with Gasteiger partial charge < -0.3 is 15.1 Å². The van der Waals surface area contributed by atoms with E-state index in [0.717, 1.165) is 56.1 Å². The molecule has 4 aliphatic rings. The first-order valence-corrected chi connectivity index (χ1v) is 11.6. The molecule has 2 aliphatic carbocycles. The van der Waals surface area contributed by atoms with Crippen LogP contribution in [0.3, 0.4) is 0 Å². The lowest BCUT2D eigenvalue weighted by Gasteiger charge is -2.35. The Morgan fingerprint density at radius 2 is 1.81 bits per heavy atom. The van der Waals surface area contributed by atoms with Gasteiger partial charge in [0.05, 0.1) is 17.8 Å². The zero-order valence-electron chi connectivity index (χ0n) is 17.4. The minimum Gasteiger partial charge on any atom is -0.327 e. The van der Waals surface area contributed by atoms with E-state index in [0.29, 0.717) is 22.9 Å². The number of halogens is 1. The fourth-order valence-corrected chi connectivity index (χ4v) is 5.46. The molecule has 3 fully saturated rings. The molecule has 7 nitrogen and oxygen atoms in total. The molecule has 0 atom stereocenters. The van der Waals surface area contributed by atoms with E-state index in [1.54, 1.807) is 24.3 Å². The number of anilines is 1. The van der Waals surface area contributed by atoms with Crippen molar-refractivity contribution >= 4 is 29.2 Å². The average molecular weight is 440 g/mol. The Labute approximate surface area is 186 Å². The monoisotopic (exact) mass is 439 g/mol. The number of carbonyl (C=O) groups excluding carboxylic acids is 2. The van der Waals surface area contributed by atoms with Gasteiger partial charge in [0, 0.05) is 28.1 Å². The summed E-state index contributed by atoms with van der Waals surface area (Å²) >= 11 is 5.92. The van der Waals surface area contributed by atoms with Crippen LogP contribution in [0.1, 0.15) is 60.1 Å². The number of carbonyl (C=O) groups is 2. The predicted octanol–water partition coefficient (Wildman–Crippen LogP) is 3.52. The van der Waals surface area contributed by atoms with Crippen LogP contribution >= 0.6 is 11.6 Å². The molecule has 6 rings (SSSR count). The number of amides is 2. The Morgan fingerprint density at radius 1 is 1.10 bits per heavy atom. The third kappa shape index (κ3) is 3.26. The molecule has 0 bridgehead atoms. The van der Waals surface area contributed by atoms with Gasteiger partial charge in [-0.25, -0.2) is 0 Å². The van der Waals surface area contributed by atoms with Crippen LogP contribution in [0.15, 0.2) is 24.3 Å². The molecule has 31 heavy (non-hydrogen) atoms. The van der Waals surface area contributed by atoms with E-state index in [2.05, 4.69) is 25.3 Å². The number of likely N-dealkylation sites (tertiary alicyclic amines) is 1. The van der Waals surface area contributed by atoms with E-state index in [9.17, 15) is 9.59 Å². The van der Waals surface area contributed by atoms with E-state index in [-0.39, 0.29) is 23.3 Å². The molecule has 2 saturated carbocycles. The molecular formula is C23H26ClN5O2. The van der Waals surface area contributed by atoms with Crippen LogP contribution in [-0.4, -0.2) is 50.9 Å². The molecule has 162 valence electrons. The van der Waals surface area contributed by atoms with Gasteiger partial charge >= 0.3 is 0 Å². The third-order valence-electron chi connectivity index (χ3n) is 7.44. The quantitative estimate of drug-likeness (QED) is 0.763. The van der Waals surface area contributed by atoms with Crippen molar-refractivity contribution in [3.8, 4) is 0 Å². The maximum Gasteiger partial charge on any atom is 0.256 e. The highest BCUT2D eigenvalue weighted by molar-refractivity contribution is 6.30. The van der Waals surface area contributed by atoms with Gasteiger partial charge in [-0.1, -0.05) is 11.6 Å². The van der Waals surface area contributed by atoms with Gasteiger partial charge in [-0.05, 0) is 75.9 Å². The molecule has 1 spiro atoms. The Bertz CT molecular complexity index is 1030. The summed E-state index contributed by atoms with van der Waals surface area (Å²) in [7, 11) is 0. The maximum atomic E-state index is 13.5. The Kier molecular flexibility index (Phi) is 4.40. The highest BCUT2D eigenvalue weighted by Gasteiger charge is 2.59. The van der Waals surface area contributed by atoms with Crippen LogP contribution in [0.2, 0.25) is 5.02 Å². The number of nitrogens with zero attached hydrogens (tertiary/aromatic N) is 3. The highest BCUT2D eigenvalue weighted by Crippen LogP contribution is 2.57. The first-order valence-electron chi connectivity index (χ1n) is 11.3. The second-order valence-electron chi connectivity index (χ2n) is 9.38. The van der Waals surface area contributed by atoms with Crippen LogP contribution in [-0.2, 0) is 16.9 Å². The van der Waals surface area contributed by atoms with Crippen molar-refractivity contribution in [3.63, 3.8) is 0 Å². The molecule has 1 aromatic heterocycles. The summed E-state index contributed by atoms with van der Waals surface area (Å²) in [5, 5.41) is 11.0. The first-order chi connectivity index (χ1) is 15.0. The Hall–Kier alpha value is -2.38. The van der Waals surface area contributed by atoms with Gasteiger partial charge in [-0.2, -0.15) is 5.10 Å². The lowest BCUT2D eigenvalue weighted by molar-refractivity contribution is -0.140. The van der Waals surface area contributed by atoms with E-state index >= 15 is 0 Å². The van der Waals surface area contributed by atoms with Crippen molar-refractivity contribution < 1.29 is 9.59 Å². The number of aromatic nitrogens is 2. The van der Waals surface area contributed by atoms with Gasteiger partial charge in [0.15, 0.2) is 5.82 Å². The lowest BCUT2D eigenvalue weighted by Crippen LogP contribution is -2.44. The standard InChI is InChI=1S/C23H26ClN5O2/c24-16-3-1-14(2-4-16)21(30)25-20-18-13-29(23(9-10-23)19(18)26-27-20)22(31)15-7-11-28(12-8-15)17-5-6-17/h1-4,15,17H,5-13H2,(H2,25,26,27,30). The summed E-state index contributed by atoms with van der Waals surface area (Å²) in [4.78, 5) is 30.7. The molecule has 2 amide bonds. The average Bonchev–Trinajstić information content (AvgIpc) is 3.70. The molecule has 2 N–H and O–H groups in total. The Morgan fingerprint density at radius 3 is 2.45 bits per heavy atom. The van der Waals surface area contributed by atoms with Crippen molar-refractivity contribution in [3.05, 3.63) is 46.1 Å². The number of nitrogens with one attached hydrogen (secondary N) is 2. The normalized spacial score (nSPS) is 22.5. The molecule has 2 aliphatic heterocycles. The van der Waals surface area contributed by atoms with Gasteiger partial charge in [0.1, 0.15) is 0 Å². The number of piperidine rings is 1. The summed E-state index contributed by atoms with van der Waals surface area (Å²) in [6.07, 6.45) is 6.46. The second kappa shape index (κ2) is 7.07. The zero-order chi connectivity index (χ0) is 21.2. The van der Waals surface area contributed by atoms with Crippen LogP contribution in [0.25, 0.3) is 0 Å². The van der Waals surface area contributed by atoms with Crippen molar-refractivity contribution in [1.29, 1.82) is 0 Å². The van der Waals surface area contributed by atoms with Crippen LogP contribution in [0.4, 0.5) is 5.82 Å². The molecule has 1 aromatic carbocycles. The van der Waals surface area contributed by atoms with E-state index < -0.39 is 0 Å². The number of benzene rings is 1. The van der Waals surface area contributed by atoms with Gasteiger partial charge in [0.2, 0.25) is 5.91 Å². The van der Waals surface area contributed by atoms with Crippen LogP contribution in [0.5, 0.6) is 0 Å². The van der Waals surface area contributed by atoms with Crippen LogP contribution in [0, 0.1) is 5.92 Å². The minimum absolute atomic E-state index is 0.108. The van der Waals surface area contributed by atoms with Crippen molar-refractivity contribution in [2.75, 3.05) is 18.4 Å². The topological polar surface area (TPSA) is 81.3 Å². The molecule has 0 radical (unpaired) electrons. The minimum atomic E-state index is -0.240. The summed E-state index contributed by atoms with van der Waals surface area (Å²) in [5.74, 6) is 0.678. The third-order valence-corrected chi connectivity index (χ3v) is 7.69. The first kappa shape index (κ1) is 19.3. The predicted molar refractivity (Wildman–Crippen MR) is 117 cm³/mol. The molecule has 2 aromatic rings. The molecule has 1 saturated heterocycles. The smallest absolute Gasteiger partial charge is 0.256 e. The second-order valence-corrected chi connectivity index (χ2v) is 9.82. The fraction of sp³-hybridized carbons (Fsp3) is 0.522. The van der Waals surface area contributed by atoms with Gasteiger partial charge in [-0.15, -0.1) is 0 Å². The van der Waals surface area contributed by atoms with E-state index in [1.165, 1.54) is 12.8 Å². The van der Waals surface area contributed by atoms with E-state index in [1.807, 2.05) is 0 Å². The summed E-state index contributed by atoms with van der Waals surface area (Å²) in [6.45, 7) is 2.60. The number of fused-ring (bicyclic) bond motifs is 2.